The van der Waals surface area contributed by atoms with Crippen molar-refractivity contribution in [2.75, 3.05) is 0 Å². The van der Waals surface area contributed by atoms with Gasteiger partial charge in [0, 0.05) is 27.1 Å². The maximum atomic E-state index is 5.95. The van der Waals surface area contributed by atoms with E-state index >= 15 is 0 Å². The summed E-state index contributed by atoms with van der Waals surface area (Å²) in [4.78, 5) is 8.48. The number of aryl methyl sites for hydroxylation is 1. The number of nitrogens with zero attached hydrogens (tertiary/aromatic N) is 2. The second-order valence-corrected chi connectivity index (χ2v) is 6.21. The Morgan fingerprint density at radius 1 is 0.739 bits per heavy atom. The van der Waals surface area contributed by atoms with Crippen LogP contribution in [0.3, 0.4) is 0 Å². The molecular formula is C17H8Cl2N2O2. The zero-order valence-electron chi connectivity index (χ0n) is 11.9. The highest BCUT2D eigenvalue weighted by atomic mass is 35.5. The molecule has 0 unspecified atom stereocenters. The van der Waals surface area contributed by atoms with Crippen molar-refractivity contribution in [3.05, 3.63) is 46.2 Å². The highest BCUT2D eigenvalue weighted by Gasteiger charge is 2.18. The van der Waals surface area contributed by atoms with Crippen molar-refractivity contribution in [1.29, 1.82) is 0 Å². The third-order valence-corrected chi connectivity index (χ3v) is 4.51. The van der Waals surface area contributed by atoms with E-state index in [2.05, 4.69) is 9.97 Å². The molecule has 6 heteroatoms. The molecule has 0 spiro atoms. The number of rotatable bonds is 0. The zero-order chi connectivity index (χ0) is 15.7. The van der Waals surface area contributed by atoms with Gasteiger partial charge in [0.25, 0.3) is 0 Å². The normalized spacial score (nSPS) is 12.1. The lowest BCUT2D eigenvalue weighted by Gasteiger charge is -1.96. The topological polar surface area (TPSA) is 52.1 Å². The molecule has 0 radical (unpaired) electrons. The fourth-order valence-corrected chi connectivity index (χ4v) is 3.32. The number of fused-ring (bicyclic) bond motifs is 6. The van der Waals surface area contributed by atoms with E-state index in [0.717, 1.165) is 38.3 Å². The van der Waals surface area contributed by atoms with Gasteiger partial charge in [0.2, 0.25) is 11.4 Å². The summed E-state index contributed by atoms with van der Waals surface area (Å²) in [6.45, 7) is 1.96. The number of halogens is 2. The van der Waals surface area contributed by atoms with Crippen LogP contribution < -0.4 is 0 Å². The quantitative estimate of drug-likeness (QED) is 0.329. The van der Waals surface area contributed by atoms with Crippen LogP contribution in [0.4, 0.5) is 0 Å². The molecule has 4 aromatic heterocycles. The highest BCUT2D eigenvalue weighted by Crippen LogP contribution is 2.39. The van der Waals surface area contributed by atoms with E-state index in [4.69, 9.17) is 32.0 Å². The monoisotopic (exact) mass is 342 g/mol. The third kappa shape index (κ3) is 1.73. The van der Waals surface area contributed by atoms with Gasteiger partial charge in [0.15, 0.2) is 0 Å². The predicted molar refractivity (Wildman–Crippen MR) is 91.3 cm³/mol. The molecule has 0 saturated carbocycles. The molecule has 1 aromatic carbocycles. The maximum absolute atomic E-state index is 5.95. The largest absolute Gasteiger partial charge is 0.437 e. The molecule has 5 rings (SSSR count). The summed E-state index contributed by atoms with van der Waals surface area (Å²) < 4.78 is 11.8. The molecule has 23 heavy (non-hydrogen) atoms. The van der Waals surface area contributed by atoms with E-state index in [9.17, 15) is 0 Å². The number of hydrogen-bond donors (Lipinski definition) is 0. The van der Waals surface area contributed by atoms with E-state index < -0.39 is 0 Å². The number of pyridine rings is 2. The van der Waals surface area contributed by atoms with E-state index in [1.165, 1.54) is 0 Å². The van der Waals surface area contributed by atoms with Crippen molar-refractivity contribution in [3.63, 3.8) is 0 Å². The summed E-state index contributed by atoms with van der Waals surface area (Å²) >= 11 is 11.9. The van der Waals surface area contributed by atoms with Gasteiger partial charge in [-0.2, -0.15) is 0 Å². The lowest BCUT2D eigenvalue weighted by atomic mass is 10.1. The Morgan fingerprint density at radius 2 is 1.22 bits per heavy atom. The summed E-state index contributed by atoms with van der Waals surface area (Å²) in [7, 11) is 0. The fraction of sp³-hybridized carbons (Fsp3) is 0.0588. The first-order valence-electron chi connectivity index (χ1n) is 6.99. The second-order valence-electron chi connectivity index (χ2n) is 5.43. The van der Waals surface area contributed by atoms with E-state index in [0.29, 0.717) is 21.7 Å². The Balaban J connectivity index is 2.03. The van der Waals surface area contributed by atoms with Crippen LogP contribution in [-0.2, 0) is 0 Å². The average molecular weight is 343 g/mol. The first-order valence-corrected chi connectivity index (χ1v) is 7.74. The Kier molecular flexibility index (Phi) is 2.50. The molecule has 4 nitrogen and oxygen atoms in total. The molecular weight excluding hydrogens is 335 g/mol. The SMILES string of the molecule is Cc1c2oc3nc(Cl)ccc3c2cc2c1oc1nc(Cl)ccc12. The number of furan rings is 2. The average Bonchev–Trinajstić information content (AvgIpc) is 3.05. The molecule has 0 atom stereocenters. The molecule has 0 aliphatic heterocycles. The summed E-state index contributed by atoms with van der Waals surface area (Å²) in [5, 5.41) is 4.61. The molecule has 0 bridgehead atoms. The molecule has 0 saturated heterocycles. The Labute approximate surface area is 139 Å². The van der Waals surface area contributed by atoms with Crippen LogP contribution in [0, 0.1) is 6.92 Å². The van der Waals surface area contributed by atoms with Gasteiger partial charge in [-0.3, -0.25) is 0 Å². The standard InChI is InChI=1S/C17H8Cl2N2O2/c1-7-14-10(8-2-4-12(18)20-16(8)22-14)6-11-9-3-5-13(19)21-17(9)23-15(7)11/h2-6H,1H3. The van der Waals surface area contributed by atoms with Gasteiger partial charge in [-0.1, -0.05) is 23.2 Å². The van der Waals surface area contributed by atoms with Crippen LogP contribution in [0.5, 0.6) is 0 Å². The number of hydrogen-bond acceptors (Lipinski definition) is 4. The van der Waals surface area contributed by atoms with Gasteiger partial charge in [0.05, 0.1) is 0 Å². The summed E-state index contributed by atoms with van der Waals surface area (Å²) in [6.07, 6.45) is 0. The van der Waals surface area contributed by atoms with Gasteiger partial charge in [0.1, 0.15) is 21.5 Å². The number of aromatic nitrogens is 2. The smallest absolute Gasteiger partial charge is 0.228 e. The minimum Gasteiger partial charge on any atom is -0.437 e. The van der Waals surface area contributed by atoms with Crippen molar-refractivity contribution in [1.82, 2.24) is 9.97 Å². The van der Waals surface area contributed by atoms with Crippen molar-refractivity contribution < 1.29 is 8.83 Å². The van der Waals surface area contributed by atoms with Crippen molar-refractivity contribution in [2.24, 2.45) is 0 Å². The van der Waals surface area contributed by atoms with Gasteiger partial charge in [-0.15, -0.1) is 0 Å². The molecule has 0 aliphatic rings. The van der Waals surface area contributed by atoms with Crippen LogP contribution in [0.1, 0.15) is 5.56 Å². The molecule has 0 amide bonds. The molecule has 112 valence electrons. The molecule has 0 N–H and O–H groups in total. The lowest BCUT2D eigenvalue weighted by Crippen LogP contribution is -1.76. The molecule has 0 aliphatic carbocycles. The van der Waals surface area contributed by atoms with Gasteiger partial charge in [-0.05, 0) is 37.3 Å². The van der Waals surface area contributed by atoms with Gasteiger partial charge >= 0.3 is 0 Å². The lowest BCUT2D eigenvalue weighted by molar-refractivity contribution is 0.637. The minimum absolute atomic E-state index is 0.405. The first kappa shape index (κ1) is 13.2. The molecule has 5 aromatic rings. The highest BCUT2D eigenvalue weighted by molar-refractivity contribution is 6.30. The molecule has 0 fully saturated rings. The van der Waals surface area contributed by atoms with Crippen molar-refractivity contribution in [3.8, 4) is 0 Å². The van der Waals surface area contributed by atoms with Crippen molar-refractivity contribution >= 4 is 67.3 Å². The molecule has 4 heterocycles. The van der Waals surface area contributed by atoms with Crippen molar-refractivity contribution in [2.45, 2.75) is 6.92 Å². The minimum atomic E-state index is 0.405. The van der Waals surface area contributed by atoms with Crippen LogP contribution in [0.15, 0.2) is 39.2 Å². The third-order valence-electron chi connectivity index (χ3n) is 4.09. The summed E-state index contributed by atoms with van der Waals surface area (Å²) in [5.41, 5.74) is 3.43. The van der Waals surface area contributed by atoms with Gasteiger partial charge < -0.3 is 8.83 Å². The Bertz CT molecular complexity index is 1160. The Morgan fingerprint density at radius 3 is 1.70 bits per heavy atom. The van der Waals surface area contributed by atoms with E-state index in [1.54, 1.807) is 12.1 Å². The van der Waals surface area contributed by atoms with Gasteiger partial charge in [-0.25, -0.2) is 9.97 Å². The first-order chi connectivity index (χ1) is 11.1. The maximum Gasteiger partial charge on any atom is 0.228 e. The predicted octanol–water partition coefficient (Wildman–Crippen LogP) is 5.89. The second kappa shape index (κ2) is 4.37. The fourth-order valence-electron chi connectivity index (χ4n) is 3.04. The summed E-state index contributed by atoms with van der Waals surface area (Å²) in [5.74, 6) is 0. The summed E-state index contributed by atoms with van der Waals surface area (Å²) in [6, 6.07) is 9.39. The van der Waals surface area contributed by atoms with E-state index in [1.807, 2.05) is 25.1 Å². The van der Waals surface area contributed by atoms with Crippen LogP contribution >= 0.6 is 23.2 Å². The van der Waals surface area contributed by atoms with E-state index in [-0.39, 0.29) is 0 Å². The van der Waals surface area contributed by atoms with Crippen LogP contribution in [-0.4, -0.2) is 9.97 Å². The Hall–Kier alpha value is -2.30. The van der Waals surface area contributed by atoms with Crippen LogP contribution in [0.2, 0.25) is 10.3 Å². The van der Waals surface area contributed by atoms with Crippen LogP contribution in [0.25, 0.3) is 44.1 Å². The zero-order valence-corrected chi connectivity index (χ0v) is 13.4. The number of benzene rings is 1.